The number of aryl methyl sites for hydroxylation is 1. The normalized spacial score (nSPS) is 15.1. The Balaban J connectivity index is 1.81. The summed E-state index contributed by atoms with van der Waals surface area (Å²) < 4.78 is 3.20. The summed E-state index contributed by atoms with van der Waals surface area (Å²) in [6.07, 6.45) is 6.19. The van der Waals surface area contributed by atoms with Gasteiger partial charge in [0, 0.05) is 27.9 Å². The Morgan fingerprint density at radius 2 is 2.12 bits per heavy atom. The van der Waals surface area contributed by atoms with Crippen LogP contribution >= 0.6 is 22.9 Å². The van der Waals surface area contributed by atoms with Crippen LogP contribution in [-0.2, 0) is 13.0 Å². The first-order valence-corrected chi connectivity index (χ1v) is 9.18. The van der Waals surface area contributed by atoms with Crippen molar-refractivity contribution in [1.82, 2.24) is 14.8 Å². The molecule has 0 bridgehead atoms. The summed E-state index contributed by atoms with van der Waals surface area (Å²) in [7, 11) is 0. The zero-order valence-corrected chi connectivity index (χ0v) is 14.6. The third kappa shape index (κ3) is 2.62. The molecule has 0 unspecified atom stereocenters. The summed E-state index contributed by atoms with van der Waals surface area (Å²) in [5, 5.41) is 19.9. The number of benzene rings is 1. The van der Waals surface area contributed by atoms with Gasteiger partial charge in [0.2, 0.25) is 0 Å². The lowest BCUT2D eigenvalue weighted by atomic mass is 10.2. The van der Waals surface area contributed by atoms with Gasteiger partial charge >= 0.3 is 0 Å². The van der Waals surface area contributed by atoms with Crippen LogP contribution in [0, 0.1) is 11.3 Å². The molecule has 4 nitrogen and oxygen atoms in total. The van der Waals surface area contributed by atoms with Gasteiger partial charge < -0.3 is 4.57 Å². The highest BCUT2D eigenvalue weighted by Crippen LogP contribution is 2.37. The standard InChI is InChI=1S/C18H15ClN4S/c19-17-13-6-3-4-7-14(13)24-15(17)10-12(11-20)18-22-21-16-8-2-1-5-9-23(16)18/h3-4,6-7,10H,1-2,5,8-9H2. The van der Waals surface area contributed by atoms with Gasteiger partial charge in [-0.15, -0.1) is 21.5 Å². The minimum Gasteiger partial charge on any atom is -0.310 e. The molecule has 0 atom stereocenters. The molecule has 0 amide bonds. The molecule has 6 heteroatoms. The third-order valence-electron chi connectivity index (χ3n) is 4.31. The summed E-state index contributed by atoms with van der Waals surface area (Å²) in [5.41, 5.74) is 0.518. The molecule has 0 saturated heterocycles. The first-order chi connectivity index (χ1) is 11.8. The maximum Gasteiger partial charge on any atom is 0.174 e. The zero-order valence-electron chi connectivity index (χ0n) is 13.0. The smallest absolute Gasteiger partial charge is 0.174 e. The van der Waals surface area contributed by atoms with Crippen LogP contribution in [0.1, 0.15) is 35.8 Å². The second-order valence-corrected chi connectivity index (χ2v) is 7.31. The van der Waals surface area contributed by atoms with Crippen molar-refractivity contribution < 1.29 is 0 Å². The van der Waals surface area contributed by atoms with Crippen LogP contribution in [0.25, 0.3) is 21.7 Å². The number of hydrogen-bond acceptors (Lipinski definition) is 4. The van der Waals surface area contributed by atoms with Crippen molar-refractivity contribution in [3.8, 4) is 6.07 Å². The lowest BCUT2D eigenvalue weighted by Gasteiger charge is -2.05. The molecule has 0 saturated carbocycles. The topological polar surface area (TPSA) is 54.5 Å². The van der Waals surface area contributed by atoms with Crippen LogP contribution in [0.5, 0.6) is 0 Å². The SMILES string of the molecule is N#CC(=Cc1sc2ccccc2c1Cl)c1nnc2n1CCCCC2. The van der Waals surface area contributed by atoms with Crippen molar-refractivity contribution in [3.05, 3.63) is 45.8 Å². The fraction of sp³-hybridized carbons (Fsp3) is 0.278. The first kappa shape index (κ1) is 15.4. The number of aromatic nitrogens is 3. The molecule has 0 N–H and O–H groups in total. The van der Waals surface area contributed by atoms with Crippen LogP contribution in [0.3, 0.4) is 0 Å². The van der Waals surface area contributed by atoms with Gasteiger partial charge in [0.05, 0.1) is 10.6 Å². The van der Waals surface area contributed by atoms with Gasteiger partial charge in [0.25, 0.3) is 0 Å². The molecule has 24 heavy (non-hydrogen) atoms. The van der Waals surface area contributed by atoms with E-state index in [0.717, 1.165) is 46.6 Å². The van der Waals surface area contributed by atoms with E-state index in [0.29, 0.717) is 16.4 Å². The summed E-state index contributed by atoms with van der Waals surface area (Å²) in [6, 6.07) is 10.3. The van der Waals surface area contributed by atoms with Crippen molar-refractivity contribution in [3.63, 3.8) is 0 Å². The van der Waals surface area contributed by atoms with E-state index in [9.17, 15) is 5.26 Å². The fourth-order valence-electron chi connectivity index (χ4n) is 3.09. The Morgan fingerprint density at radius 1 is 1.25 bits per heavy atom. The fourth-order valence-corrected chi connectivity index (χ4v) is 4.52. The van der Waals surface area contributed by atoms with E-state index in [2.05, 4.69) is 20.8 Å². The van der Waals surface area contributed by atoms with Gasteiger partial charge in [-0.2, -0.15) is 5.26 Å². The highest BCUT2D eigenvalue weighted by Gasteiger charge is 2.18. The monoisotopic (exact) mass is 354 g/mol. The van der Waals surface area contributed by atoms with E-state index in [1.807, 2.05) is 30.3 Å². The van der Waals surface area contributed by atoms with Gasteiger partial charge in [0.15, 0.2) is 5.82 Å². The van der Waals surface area contributed by atoms with E-state index in [1.165, 1.54) is 6.42 Å². The van der Waals surface area contributed by atoms with E-state index >= 15 is 0 Å². The van der Waals surface area contributed by atoms with Crippen LogP contribution in [0.2, 0.25) is 5.02 Å². The van der Waals surface area contributed by atoms with Crippen molar-refractivity contribution in [2.24, 2.45) is 0 Å². The molecule has 0 aliphatic carbocycles. The van der Waals surface area contributed by atoms with E-state index in [4.69, 9.17) is 11.6 Å². The van der Waals surface area contributed by atoms with Crippen molar-refractivity contribution in [2.45, 2.75) is 32.2 Å². The summed E-state index contributed by atoms with van der Waals surface area (Å²) >= 11 is 8.09. The third-order valence-corrected chi connectivity index (χ3v) is 5.94. The van der Waals surface area contributed by atoms with Crippen LogP contribution in [0.4, 0.5) is 0 Å². The Bertz CT molecular complexity index is 977. The lowest BCUT2D eigenvalue weighted by molar-refractivity contribution is 0.627. The molecule has 2 aromatic heterocycles. The molecule has 1 aromatic carbocycles. The summed E-state index contributed by atoms with van der Waals surface area (Å²) in [5.74, 6) is 1.63. The van der Waals surface area contributed by atoms with Crippen LogP contribution in [0.15, 0.2) is 24.3 Å². The molecule has 3 heterocycles. The van der Waals surface area contributed by atoms with Crippen LogP contribution in [-0.4, -0.2) is 14.8 Å². The Labute approximate surface area is 149 Å². The molecular formula is C18H15ClN4S. The highest BCUT2D eigenvalue weighted by atomic mass is 35.5. The maximum absolute atomic E-state index is 9.66. The molecule has 120 valence electrons. The van der Waals surface area contributed by atoms with Crippen LogP contribution < -0.4 is 0 Å². The van der Waals surface area contributed by atoms with E-state index in [-0.39, 0.29) is 0 Å². The number of hydrogen-bond donors (Lipinski definition) is 0. The van der Waals surface area contributed by atoms with E-state index < -0.39 is 0 Å². The molecule has 0 fully saturated rings. The molecule has 1 aliphatic heterocycles. The highest BCUT2D eigenvalue weighted by molar-refractivity contribution is 7.20. The van der Waals surface area contributed by atoms with E-state index in [1.54, 1.807) is 11.3 Å². The Kier molecular flexibility index (Phi) is 4.09. The predicted molar refractivity (Wildman–Crippen MR) is 97.9 cm³/mol. The van der Waals surface area contributed by atoms with Gasteiger partial charge in [-0.3, -0.25) is 0 Å². The average molecular weight is 355 g/mol. The van der Waals surface area contributed by atoms with Gasteiger partial charge in [-0.05, 0) is 25.0 Å². The number of thiophene rings is 1. The maximum atomic E-state index is 9.66. The average Bonchev–Trinajstić information content (AvgIpc) is 3.05. The predicted octanol–water partition coefficient (Wildman–Crippen LogP) is 4.94. The summed E-state index contributed by atoms with van der Waals surface area (Å²) in [6.45, 7) is 0.872. The zero-order chi connectivity index (χ0) is 16.5. The number of rotatable bonds is 2. The number of nitrogens with zero attached hydrogens (tertiary/aromatic N) is 4. The second kappa shape index (κ2) is 6.39. The molecular weight excluding hydrogens is 340 g/mol. The number of halogens is 1. The molecule has 1 aliphatic rings. The molecule has 0 spiro atoms. The van der Waals surface area contributed by atoms with Crippen molar-refractivity contribution >= 4 is 44.7 Å². The second-order valence-electron chi connectivity index (χ2n) is 5.85. The molecule has 0 radical (unpaired) electrons. The number of allylic oxidation sites excluding steroid dienone is 1. The van der Waals surface area contributed by atoms with Gasteiger partial charge in [-0.25, -0.2) is 0 Å². The quantitative estimate of drug-likeness (QED) is 0.612. The molecule has 3 aromatic rings. The summed E-state index contributed by atoms with van der Waals surface area (Å²) in [4.78, 5) is 0.889. The van der Waals surface area contributed by atoms with Crippen molar-refractivity contribution in [2.75, 3.05) is 0 Å². The Hall–Kier alpha value is -2.16. The minimum absolute atomic E-state index is 0.518. The first-order valence-electron chi connectivity index (χ1n) is 7.99. The Morgan fingerprint density at radius 3 is 2.96 bits per heavy atom. The van der Waals surface area contributed by atoms with Gasteiger partial charge in [-0.1, -0.05) is 36.2 Å². The molecule has 4 rings (SSSR count). The largest absolute Gasteiger partial charge is 0.310 e. The lowest BCUT2D eigenvalue weighted by Crippen LogP contribution is -2.05. The van der Waals surface area contributed by atoms with Crippen molar-refractivity contribution in [1.29, 1.82) is 5.26 Å². The van der Waals surface area contributed by atoms with Gasteiger partial charge in [0.1, 0.15) is 11.9 Å². The number of nitriles is 1. The number of fused-ring (bicyclic) bond motifs is 2. The minimum atomic E-state index is 0.518.